The van der Waals surface area contributed by atoms with Crippen LogP contribution in [0.3, 0.4) is 0 Å². The van der Waals surface area contributed by atoms with Crippen LogP contribution in [0.1, 0.15) is 95.5 Å². The Bertz CT molecular complexity index is 2140. The van der Waals surface area contributed by atoms with Crippen LogP contribution in [-0.2, 0) is 20.8 Å². The van der Waals surface area contributed by atoms with Crippen molar-refractivity contribution in [3.8, 4) is 22.4 Å². The molecule has 0 aliphatic carbocycles. The normalized spacial score (nSPS) is 12.3. The van der Waals surface area contributed by atoms with Crippen molar-refractivity contribution in [2.24, 2.45) is 0 Å². The second-order valence-electron chi connectivity index (χ2n) is 14.4. The molecule has 0 spiro atoms. The monoisotopic (exact) mass is 778 g/mol. The fraction of sp³-hybridized carbons (Fsp3) is 0.356. The lowest BCUT2D eigenvalue weighted by Gasteiger charge is -2.20. The highest BCUT2D eigenvalue weighted by Gasteiger charge is 2.31. The SMILES string of the molecule is Cc1nc(C)c(C(=O)OCCCCOC(=O)C[C@H](O)C[C@H](O)CCn2c(-c3ccc(F)cc3)c(-c3ccccc3)c(C(=O)Nc3ccccc3)c2C(C)C)nc1C. The zero-order valence-electron chi connectivity index (χ0n) is 33.1. The van der Waals surface area contributed by atoms with E-state index in [0.29, 0.717) is 52.3 Å². The molecule has 0 fully saturated rings. The van der Waals surface area contributed by atoms with Gasteiger partial charge in [-0.25, -0.2) is 14.2 Å². The van der Waals surface area contributed by atoms with Crippen LogP contribution in [0.25, 0.3) is 22.4 Å². The summed E-state index contributed by atoms with van der Waals surface area (Å²) >= 11 is 0. The van der Waals surface area contributed by atoms with Gasteiger partial charge in [0.15, 0.2) is 5.69 Å². The summed E-state index contributed by atoms with van der Waals surface area (Å²) in [6, 6.07) is 24.8. The van der Waals surface area contributed by atoms with E-state index in [4.69, 9.17) is 9.47 Å². The van der Waals surface area contributed by atoms with E-state index in [9.17, 15) is 29.0 Å². The van der Waals surface area contributed by atoms with Crippen molar-refractivity contribution in [2.75, 3.05) is 18.5 Å². The van der Waals surface area contributed by atoms with Crippen molar-refractivity contribution in [3.63, 3.8) is 0 Å². The molecule has 5 aromatic rings. The van der Waals surface area contributed by atoms with Gasteiger partial charge in [0.2, 0.25) is 0 Å². The number of carbonyl (C=O) groups is 3. The molecule has 11 nitrogen and oxygen atoms in total. The molecule has 3 aromatic carbocycles. The van der Waals surface area contributed by atoms with Crippen LogP contribution in [0, 0.1) is 26.6 Å². The predicted octanol–water partition coefficient (Wildman–Crippen LogP) is 8.12. The summed E-state index contributed by atoms with van der Waals surface area (Å²) in [7, 11) is 0. The predicted molar refractivity (Wildman–Crippen MR) is 216 cm³/mol. The summed E-state index contributed by atoms with van der Waals surface area (Å²) in [6.45, 7) is 9.74. The number of amides is 1. The van der Waals surface area contributed by atoms with Gasteiger partial charge in [-0.1, -0.05) is 62.4 Å². The van der Waals surface area contributed by atoms with E-state index in [1.54, 1.807) is 26.0 Å². The maximum atomic E-state index is 14.3. The number of aliphatic hydroxyl groups excluding tert-OH is 2. The third-order valence-corrected chi connectivity index (χ3v) is 9.63. The summed E-state index contributed by atoms with van der Waals surface area (Å²) in [4.78, 5) is 47.8. The van der Waals surface area contributed by atoms with Crippen molar-refractivity contribution in [1.82, 2.24) is 14.5 Å². The molecule has 1 amide bonds. The molecule has 300 valence electrons. The number of aliphatic hydroxyl groups is 2. The molecule has 0 saturated heterocycles. The second kappa shape index (κ2) is 19.9. The fourth-order valence-corrected chi connectivity index (χ4v) is 6.78. The van der Waals surface area contributed by atoms with Crippen molar-refractivity contribution in [1.29, 1.82) is 0 Å². The van der Waals surface area contributed by atoms with Gasteiger partial charge < -0.3 is 29.6 Å². The molecule has 2 aromatic heterocycles. The maximum Gasteiger partial charge on any atom is 0.358 e. The van der Waals surface area contributed by atoms with Crippen LogP contribution >= 0.6 is 0 Å². The molecule has 0 aliphatic rings. The van der Waals surface area contributed by atoms with E-state index in [1.807, 2.05) is 86.0 Å². The lowest BCUT2D eigenvalue weighted by atomic mass is 9.94. The molecular formula is C45H51FN4O7. The highest BCUT2D eigenvalue weighted by Crippen LogP contribution is 2.42. The average Bonchev–Trinajstić information content (AvgIpc) is 3.53. The Labute approximate surface area is 332 Å². The van der Waals surface area contributed by atoms with Gasteiger partial charge in [0.25, 0.3) is 5.91 Å². The molecule has 0 aliphatic heterocycles. The van der Waals surface area contributed by atoms with E-state index >= 15 is 0 Å². The number of nitrogens with one attached hydrogen (secondary N) is 1. The molecule has 0 saturated carbocycles. The van der Waals surface area contributed by atoms with Gasteiger partial charge in [-0.2, -0.15) is 0 Å². The summed E-state index contributed by atoms with van der Waals surface area (Å²) in [5.74, 6) is -2.01. The number of unbranched alkanes of at least 4 members (excludes halogenated alkanes) is 1. The summed E-state index contributed by atoms with van der Waals surface area (Å²) in [6.07, 6.45) is -1.46. The van der Waals surface area contributed by atoms with Gasteiger partial charge >= 0.3 is 11.9 Å². The van der Waals surface area contributed by atoms with E-state index in [1.165, 1.54) is 12.1 Å². The van der Waals surface area contributed by atoms with Crippen LogP contribution in [0.15, 0.2) is 84.9 Å². The minimum Gasteiger partial charge on any atom is -0.466 e. The number of para-hydroxylation sites is 1. The molecule has 2 heterocycles. The first-order valence-corrected chi connectivity index (χ1v) is 19.3. The summed E-state index contributed by atoms with van der Waals surface area (Å²) in [5.41, 5.74) is 6.79. The number of aromatic nitrogens is 3. The Morgan fingerprint density at radius 1 is 0.772 bits per heavy atom. The van der Waals surface area contributed by atoms with Crippen molar-refractivity contribution < 1.29 is 38.5 Å². The molecule has 0 bridgehead atoms. The van der Waals surface area contributed by atoms with Crippen molar-refractivity contribution >= 4 is 23.5 Å². The number of ether oxygens (including phenoxy) is 2. The Kier molecular flexibility index (Phi) is 14.8. The largest absolute Gasteiger partial charge is 0.466 e. The third kappa shape index (κ3) is 11.2. The molecule has 2 atom stereocenters. The van der Waals surface area contributed by atoms with Gasteiger partial charge in [0, 0.05) is 23.5 Å². The Balaban J connectivity index is 1.24. The number of rotatable bonds is 18. The minimum absolute atomic E-state index is 0.0792. The van der Waals surface area contributed by atoms with Gasteiger partial charge in [-0.3, -0.25) is 14.6 Å². The molecule has 0 radical (unpaired) electrons. The van der Waals surface area contributed by atoms with Gasteiger partial charge in [-0.15, -0.1) is 0 Å². The zero-order valence-corrected chi connectivity index (χ0v) is 33.1. The van der Waals surface area contributed by atoms with Crippen LogP contribution in [0.5, 0.6) is 0 Å². The van der Waals surface area contributed by atoms with Crippen LogP contribution in [-0.4, -0.2) is 68.0 Å². The van der Waals surface area contributed by atoms with E-state index in [2.05, 4.69) is 15.3 Å². The van der Waals surface area contributed by atoms with Gasteiger partial charge in [0.05, 0.1) is 60.2 Å². The molecule has 3 N–H and O–H groups in total. The molecule has 0 unspecified atom stereocenters. The number of carbonyl (C=O) groups excluding carboxylic acids is 3. The number of anilines is 1. The fourth-order valence-electron chi connectivity index (χ4n) is 6.78. The van der Waals surface area contributed by atoms with Crippen LogP contribution < -0.4 is 5.32 Å². The molecule has 5 rings (SSSR count). The topological polar surface area (TPSA) is 153 Å². The number of benzene rings is 3. The smallest absolute Gasteiger partial charge is 0.358 e. The van der Waals surface area contributed by atoms with Gasteiger partial charge in [0.1, 0.15) is 5.82 Å². The number of hydrogen-bond acceptors (Lipinski definition) is 9. The van der Waals surface area contributed by atoms with Crippen LogP contribution in [0.2, 0.25) is 0 Å². The Hall–Kier alpha value is -5.72. The average molecular weight is 779 g/mol. The first-order valence-electron chi connectivity index (χ1n) is 19.3. The maximum absolute atomic E-state index is 14.3. The number of esters is 2. The quantitative estimate of drug-likeness (QED) is 0.0591. The Morgan fingerprint density at radius 3 is 2.04 bits per heavy atom. The highest BCUT2D eigenvalue weighted by atomic mass is 19.1. The van der Waals surface area contributed by atoms with E-state index in [-0.39, 0.29) is 56.5 Å². The lowest BCUT2D eigenvalue weighted by molar-refractivity contribution is -0.146. The minimum atomic E-state index is -1.16. The standard InChI is InChI=1S/C45H51FN4O7/c1-28(2)42-40(44(54)49-35-16-10-7-11-17-35)39(32-14-8-6-9-15-32)43(33-18-20-34(46)21-19-33)50(42)23-22-36(51)26-37(52)27-38(53)56-24-12-13-25-57-45(55)41-31(5)47-29(3)30(4)48-41/h6-11,14-21,28,36-37,51-52H,12-13,22-27H2,1-5H3,(H,49,54)/t36-,37-/m1/s1. The van der Waals surface area contributed by atoms with E-state index in [0.717, 1.165) is 17.0 Å². The van der Waals surface area contributed by atoms with Crippen molar-refractivity contribution in [2.45, 2.75) is 91.4 Å². The number of hydrogen-bond donors (Lipinski definition) is 3. The Morgan fingerprint density at radius 2 is 1.39 bits per heavy atom. The molecule has 57 heavy (non-hydrogen) atoms. The van der Waals surface area contributed by atoms with Crippen LogP contribution in [0.4, 0.5) is 10.1 Å². The van der Waals surface area contributed by atoms with E-state index < -0.39 is 30.0 Å². The second-order valence-corrected chi connectivity index (χ2v) is 14.4. The summed E-state index contributed by atoms with van der Waals surface area (Å²) < 4.78 is 26.8. The first kappa shape index (κ1) is 42.4. The third-order valence-electron chi connectivity index (χ3n) is 9.63. The summed E-state index contributed by atoms with van der Waals surface area (Å²) in [5, 5.41) is 25.0. The first-order chi connectivity index (χ1) is 27.3. The number of aryl methyl sites for hydroxylation is 3. The zero-order chi connectivity index (χ0) is 41.1. The highest BCUT2D eigenvalue weighted by molar-refractivity contribution is 6.12. The molecule has 12 heteroatoms. The molecular weight excluding hydrogens is 728 g/mol. The lowest BCUT2D eigenvalue weighted by Crippen LogP contribution is -2.23. The number of nitrogens with zero attached hydrogens (tertiary/aromatic N) is 3. The number of halogens is 1. The van der Waals surface area contributed by atoms with Gasteiger partial charge in [-0.05, 0) is 99.9 Å². The van der Waals surface area contributed by atoms with Crippen molar-refractivity contribution in [3.05, 3.63) is 125 Å².